The highest BCUT2D eigenvalue weighted by Crippen LogP contribution is 2.32. The number of rotatable bonds is 3. The molecule has 0 unspecified atom stereocenters. The molecule has 0 bridgehead atoms. The fraction of sp³-hybridized carbons (Fsp3) is 0.500. The molecule has 1 nitrogen and oxygen atoms in total. The van der Waals surface area contributed by atoms with Crippen LogP contribution < -0.4 is 5.32 Å². The monoisotopic (exact) mass is 193 g/mol. The molecule has 0 saturated heterocycles. The zero-order chi connectivity index (χ0) is 9.97. The third-order valence-electron chi connectivity index (χ3n) is 3.03. The zero-order valence-corrected chi connectivity index (χ0v) is 8.46. The lowest BCUT2D eigenvalue weighted by Crippen LogP contribution is -2.34. The first kappa shape index (κ1) is 9.50. The predicted molar refractivity (Wildman–Crippen MR) is 56.8 cm³/mol. The molecule has 0 aromatic heterocycles. The topological polar surface area (TPSA) is 12.0 Å². The van der Waals surface area contributed by atoms with E-state index in [9.17, 15) is 4.39 Å². The Bertz CT molecular complexity index is 288. The Kier molecular flexibility index (Phi) is 2.71. The largest absolute Gasteiger partial charge is 0.382 e. The van der Waals surface area contributed by atoms with Crippen molar-refractivity contribution >= 4 is 5.69 Å². The van der Waals surface area contributed by atoms with Crippen molar-refractivity contribution in [2.45, 2.75) is 32.2 Å². The second kappa shape index (κ2) is 3.99. The van der Waals surface area contributed by atoms with Crippen molar-refractivity contribution < 1.29 is 4.39 Å². The number of anilines is 1. The van der Waals surface area contributed by atoms with E-state index in [-0.39, 0.29) is 5.82 Å². The normalized spacial score (nSPS) is 25.6. The van der Waals surface area contributed by atoms with Crippen molar-refractivity contribution in [2.24, 2.45) is 5.92 Å². The highest BCUT2D eigenvalue weighted by atomic mass is 19.1. The second-order valence-electron chi connectivity index (χ2n) is 4.09. The Labute approximate surface area is 84.3 Å². The number of benzene rings is 1. The molecule has 0 spiro atoms. The van der Waals surface area contributed by atoms with E-state index < -0.39 is 0 Å². The summed E-state index contributed by atoms with van der Waals surface area (Å²) < 4.78 is 12.6. The van der Waals surface area contributed by atoms with Crippen LogP contribution in [-0.4, -0.2) is 6.04 Å². The molecule has 76 valence electrons. The van der Waals surface area contributed by atoms with Crippen LogP contribution in [0.1, 0.15) is 26.2 Å². The molecule has 1 aromatic carbocycles. The highest BCUT2D eigenvalue weighted by molar-refractivity contribution is 5.44. The molecular formula is C12H16FN. The van der Waals surface area contributed by atoms with Gasteiger partial charge in [-0.3, -0.25) is 0 Å². The molecule has 0 heterocycles. The van der Waals surface area contributed by atoms with Crippen LogP contribution in [0.4, 0.5) is 10.1 Å². The Hall–Kier alpha value is -1.05. The van der Waals surface area contributed by atoms with Gasteiger partial charge in [0.1, 0.15) is 5.82 Å². The second-order valence-corrected chi connectivity index (χ2v) is 4.09. The Morgan fingerprint density at radius 2 is 1.93 bits per heavy atom. The van der Waals surface area contributed by atoms with E-state index >= 15 is 0 Å². The summed E-state index contributed by atoms with van der Waals surface area (Å²) in [6.07, 6.45) is 3.79. The lowest BCUT2D eigenvalue weighted by atomic mass is 9.78. The summed E-state index contributed by atoms with van der Waals surface area (Å²) in [6.45, 7) is 2.23. The first-order chi connectivity index (χ1) is 6.78. The van der Waals surface area contributed by atoms with Crippen LogP contribution in [0, 0.1) is 11.7 Å². The van der Waals surface area contributed by atoms with Crippen molar-refractivity contribution in [2.75, 3.05) is 5.32 Å². The minimum absolute atomic E-state index is 0.171. The van der Waals surface area contributed by atoms with Gasteiger partial charge in [-0.05, 0) is 43.0 Å². The van der Waals surface area contributed by atoms with Crippen molar-refractivity contribution in [3.63, 3.8) is 0 Å². The summed E-state index contributed by atoms with van der Waals surface area (Å²) in [5, 5.41) is 3.40. The van der Waals surface area contributed by atoms with Crippen molar-refractivity contribution in [3.8, 4) is 0 Å². The Morgan fingerprint density at radius 1 is 1.29 bits per heavy atom. The van der Waals surface area contributed by atoms with E-state index in [1.54, 1.807) is 12.1 Å². The number of hydrogen-bond acceptors (Lipinski definition) is 1. The van der Waals surface area contributed by atoms with Crippen LogP contribution in [0.25, 0.3) is 0 Å². The molecular weight excluding hydrogens is 177 g/mol. The van der Waals surface area contributed by atoms with Gasteiger partial charge in [0.25, 0.3) is 0 Å². The maximum absolute atomic E-state index is 12.6. The minimum Gasteiger partial charge on any atom is -0.382 e. The van der Waals surface area contributed by atoms with E-state index in [0.717, 1.165) is 11.6 Å². The molecule has 1 fully saturated rings. The number of nitrogens with one attached hydrogen (secondary N) is 1. The third-order valence-corrected chi connectivity index (χ3v) is 3.03. The van der Waals surface area contributed by atoms with Crippen LogP contribution >= 0.6 is 0 Å². The zero-order valence-electron chi connectivity index (χ0n) is 8.46. The van der Waals surface area contributed by atoms with E-state index in [1.807, 2.05) is 0 Å². The van der Waals surface area contributed by atoms with Gasteiger partial charge in [0.2, 0.25) is 0 Å². The smallest absolute Gasteiger partial charge is 0.123 e. The lowest BCUT2D eigenvalue weighted by molar-refractivity contribution is 0.275. The van der Waals surface area contributed by atoms with Crippen LogP contribution in [0.5, 0.6) is 0 Å². The van der Waals surface area contributed by atoms with Crippen LogP contribution in [-0.2, 0) is 0 Å². The fourth-order valence-electron chi connectivity index (χ4n) is 1.97. The van der Waals surface area contributed by atoms with Gasteiger partial charge in [-0.25, -0.2) is 4.39 Å². The van der Waals surface area contributed by atoms with Gasteiger partial charge in [-0.1, -0.05) is 13.3 Å². The van der Waals surface area contributed by atoms with Gasteiger partial charge < -0.3 is 5.32 Å². The van der Waals surface area contributed by atoms with Gasteiger partial charge in [0.15, 0.2) is 0 Å². The van der Waals surface area contributed by atoms with Crippen molar-refractivity contribution in [3.05, 3.63) is 30.1 Å². The standard InChI is InChI=1S/C12H16FN/c1-2-9-7-12(8-9)14-11-5-3-10(13)4-6-11/h3-6,9,12,14H,2,7-8H2,1H3. The van der Waals surface area contributed by atoms with E-state index in [2.05, 4.69) is 12.2 Å². The molecule has 2 rings (SSSR count). The lowest BCUT2D eigenvalue weighted by Gasteiger charge is -2.35. The average molecular weight is 193 g/mol. The summed E-state index contributed by atoms with van der Waals surface area (Å²) in [5.41, 5.74) is 1.03. The van der Waals surface area contributed by atoms with Crippen LogP contribution in [0.15, 0.2) is 24.3 Å². The molecule has 1 N–H and O–H groups in total. The van der Waals surface area contributed by atoms with E-state index in [0.29, 0.717) is 6.04 Å². The van der Waals surface area contributed by atoms with Gasteiger partial charge in [0, 0.05) is 11.7 Å². The maximum atomic E-state index is 12.6. The SMILES string of the molecule is CCC1CC(Nc2ccc(F)cc2)C1. The molecule has 0 atom stereocenters. The summed E-state index contributed by atoms with van der Waals surface area (Å²) >= 11 is 0. The summed E-state index contributed by atoms with van der Waals surface area (Å²) in [6, 6.07) is 7.20. The first-order valence-corrected chi connectivity index (χ1v) is 5.30. The van der Waals surface area contributed by atoms with E-state index in [4.69, 9.17) is 0 Å². The molecule has 1 aliphatic carbocycles. The van der Waals surface area contributed by atoms with E-state index in [1.165, 1.54) is 31.4 Å². The van der Waals surface area contributed by atoms with Gasteiger partial charge in [0.05, 0.1) is 0 Å². The Morgan fingerprint density at radius 3 is 2.50 bits per heavy atom. The summed E-state index contributed by atoms with van der Waals surface area (Å²) in [5.74, 6) is 0.726. The molecule has 1 aliphatic rings. The van der Waals surface area contributed by atoms with Crippen LogP contribution in [0.2, 0.25) is 0 Å². The van der Waals surface area contributed by atoms with Gasteiger partial charge in [-0.15, -0.1) is 0 Å². The maximum Gasteiger partial charge on any atom is 0.123 e. The quantitative estimate of drug-likeness (QED) is 0.775. The first-order valence-electron chi connectivity index (χ1n) is 5.30. The summed E-state index contributed by atoms with van der Waals surface area (Å²) in [4.78, 5) is 0. The third kappa shape index (κ3) is 2.06. The predicted octanol–water partition coefficient (Wildman–Crippen LogP) is 3.43. The molecule has 1 saturated carbocycles. The molecule has 1 aromatic rings. The van der Waals surface area contributed by atoms with Crippen LogP contribution in [0.3, 0.4) is 0 Å². The average Bonchev–Trinajstić information content (AvgIpc) is 2.13. The number of halogens is 1. The molecule has 0 amide bonds. The van der Waals surface area contributed by atoms with Crippen molar-refractivity contribution in [1.82, 2.24) is 0 Å². The number of hydrogen-bond donors (Lipinski definition) is 1. The fourth-order valence-corrected chi connectivity index (χ4v) is 1.97. The summed E-state index contributed by atoms with van der Waals surface area (Å²) in [7, 11) is 0. The van der Waals surface area contributed by atoms with Gasteiger partial charge >= 0.3 is 0 Å². The molecule has 14 heavy (non-hydrogen) atoms. The molecule has 0 aliphatic heterocycles. The minimum atomic E-state index is -0.171. The van der Waals surface area contributed by atoms with Gasteiger partial charge in [-0.2, -0.15) is 0 Å². The molecule has 0 radical (unpaired) electrons. The Balaban J connectivity index is 1.84. The molecule has 2 heteroatoms. The van der Waals surface area contributed by atoms with Crippen molar-refractivity contribution in [1.29, 1.82) is 0 Å². The highest BCUT2D eigenvalue weighted by Gasteiger charge is 2.26.